The summed E-state index contributed by atoms with van der Waals surface area (Å²) in [5.41, 5.74) is 8.29. The Hall–Kier alpha value is -4.05. The third-order valence-electron chi connectivity index (χ3n) is 6.09. The van der Waals surface area contributed by atoms with Gasteiger partial charge in [0, 0.05) is 24.1 Å². The van der Waals surface area contributed by atoms with Crippen molar-refractivity contribution >= 4 is 17.7 Å². The van der Waals surface area contributed by atoms with Crippen molar-refractivity contribution in [3.05, 3.63) is 106 Å². The number of amides is 1. The second-order valence-electron chi connectivity index (χ2n) is 8.75. The normalized spacial score (nSPS) is 13.7. The summed E-state index contributed by atoms with van der Waals surface area (Å²) in [6.07, 6.45) is -3.97. The predicted molar refractivity (Wildman–Crippen MR) is 128 cm³/mol. The van der Waals surface area contributed by atoms with Gasteiger partial charge in [-0.1, -0.05) is 48.5 Å². The molecule has 1 heterocycles. The summed E-state index contributed by atoms with van der Waals surface area (Å²) in [5, 5.41) is 8.78. The molecule has 1 aliphatic rings. The van der Waals surface area contributed by atoms with Crippen LogP contribution in [0, 0.1) is 5.82 Å². The second kappa shape index (κ2) is 12.5. The van der Waals surface area contributed by atoms with Gasteiger partial charge in [-0.3, -0.25) is 9.59 Å². The van der Waals surface area contributed by atoms with Gasteiger partial charge in [-0.15, -0.1) is 0 Å². The minimum atomic E-state index is -5.19. The van der Waals surface area contributed by atoms with Crippen LogP contribution in [0.5, 0.6) is 0 Å². The molecule has 0 saturated heterocycles. The molecule has 0 bridgehead atoms. The molecule has 1 aliphatic heterocycles. The van der Waals surface area contributed by atoms with E-state index in [0.29, 0.717) is 37.1 Å². The molecule has 0 spiro atoms. The number of nitrogens with zero attached hydrogens (tertiary/aromatic N) is 1. The van der Waals surface area contributed by atoms with Gasteiger partial charge in [-0.2, -0.15) is 13.2 Å². The Morgan fingerprint density at radius 2 is 1.61 bits per heavy atom. The number of hydrogen-bond acceptors (Lipinski definition) is 4. The molecule has 3 aromatic rings. The van der Waals surface area contributed by atoms with Crippen LogP contribution in [-0.2, 0) is 35.4 Å². The van der Waals surface area contributed by atoms with Gasteiger partial charge in [0.2, 0.25) is 0 Å². The fourth-order valence-electron chi connectivity index (χ4n) is 4.21. The maximum Gasteiger partial charge on any atom is 0.430 e. The fraction of sp³-hybridized carbons (Fsp3) is 0.250. The van der Waals surface area contributed by atoms with E-state index < -0.39 is 18.2 Å². The average molecular weight is 531 g/mol. The molecule has 0 aliphatic carbocycles. The lowest BCUT2D eigenvalue weighted by molar-refractivity contribution is -0.386. The first kappa shape index (κ1) is 28.5. The van der Waals surface area contributed by atoms with Crippen LogP contribution >= 0.6 is 0 Å². The number of carbonyl (C=O) groups excluding carboxylic acids is 3. The third-order valence-corrected chi connectivity index (χ3v) is 6.09. The monoisotopic (exact) mass is 530 g/mol. The van der Waals surface area contributed by atoms with Crippen molar-refractivity contribution in [1.82, 2.24) is 4.90 Å². The molecule has 0 aromatic heterocycles. The van der Waals surface area contributed by atoms with Crippen molar-refractivity contribution in [2.75, 3.05) is 6.54 Å². The van der Waals surface area contributed by atoms with E-state index in [1.54, 1.807) is 17.0 Å². The molecule has 3 N–H and O–H groups in total. The SMILES string of the molecule is O=C([O-])C(F)(F)F.[NH3+]Cc1ccc2c(c1)CCN([C@@H](Cc1ccccc1)C(=O)Cc1cccc(F)c1)C2=O. The van der Waals surface area contributed by atoms with Crippen LogP contribution in [-0.4, -0.2) is 41.3 Å². The van der Waals surface area contributed by atoms with Crippen molar-refractivity contribution in [2.45, 2.75) is 38.0 Å². The first-order valence-electron chi connectivity index (χ1n) is 11.8. The van der Waals surface area contributed by atoms with Gasteiger partial charge in [-0.05, 0) is 53.8 Å². The van der Waals surface area contributed by atoms with E-state index in [-0.39, 0.29) is 23.9 Å². The number of benzene rings is 3. The lowest BCUT2D eigenvalue weighted by Crippen LogP contribution is -2.50. The van der Waals surface area contributed by atoms with Crippen LogP contribution in [0.1, 0.15) is 32.6 Å². The van der Waals surface area contributed by atoms with Crippen molar-refractivity contribution in [3.8, 4) is 0 Å². The summed E-state index contributed by atoms with van der Waals surface area (Å²) < 4.78 is 45.2. The van der Waals surface area contributed by atoms with Gasteiger partial charge in [0.05, 0.1) is 12.6 Å². The molecule has 0 unspecified atom stereocenters. The van der Waals surface area contributed by atoms with Gasteiger partial charge in [0.25, 0.3) is 5.91 Å². The molecule has 0 saturated carbocycles. The Kier molecular flexibility index (Phi) is 9.35. The molecule has 6 nitrogen and oxygen atoms in total. The highest BCUT2D eigenvalue weighted by molar-refractivity contribution is 6.00. The maximum absolute atomic E-state index is 13.6. The van der Waals surface area contributed by atoms with Gasteiger partial charge in [-0.25, -0.2) is 4.39 Å². The third kappa shape index (κ3) is 7.48. The summed E-state index contributed by atoms with van der Waals surface area (Å²) in [4.78, 5) is 37.2. The fourth-order valence-corrected chi connectivity index (χ4v) is 4.21. The summed E-state index contributed by atoms with van der Waals surface area (Å²) >= 11 is 0. The highest BCUT2D eigenvalue weighted by atomic mass is 19.4. The first-order valence-corrected chi connectivity index (χ1v) is 11.8. The number of quaternary nitrogens is 1. The second-order valence-corrected chi connectivity index (χ2v) is 8.75. The molecule has 1 amide bonds. The zero-order valence-electron chi connectivity index (χ0n) is 20.3. The Morgan fingerprint density at radius 3 is 2.21 bits per heavy atom. The predicted octanol–water partition coefficient (Wildman–Crippen LogP) is 2.29. The Bertz CT molecular complexity index is 1300. The minimum absolute atomic E-state index is 0.0827. The van der Waals surface area contributed by atoms with E-state index in [2.05, 4.69) is 5.73 Å². The number of carbonyl (C=O) groups is 3. The number of rotatable bonds is 7. The number of carboxylic acid groups (broad SMARTS) is 1. The molecule has 200 valence electrons. The van der Waals surface area contributed by atoms with E-state index in [1.165, 1.54) is 12.1 Å². The first-order chi connectivity index (χ1) is 18.0. The molecular formula is C28H26F4N2O4. The van der Waals surface area contributed by atoms with E-state index in [1.807, 2.05) is 48.5 Å². The van der Waals surface area contributed by atoms with Crippen molar-refractivity contribution in [1.29, 1.82) is 0 Å². The Morgan fingerprint density at radius 1 is 0.947 bits per heavy atom. The van der Waals surface area contributed by atoms with Crippen molar-refractivity contribution < 1.29 is 42.8 Å². The molecule has 3 aromatic carbocycles. The van der Waals surface area contributed by atoms with Gasteiger partial charge >= 0.3 is 6.18 Å². The number of ketones is 1. The van der Waals surface area contributed by atoms with E-state index in [9.17, 15) is 27.2 Å². The number of fused-ring (bicyclic) bond motifs is 1. The zero-order valence-corrected chi connectivity index (χ0v) is 20.3. The summed E-state index contributed by atoms with van der Waals surface area (Å²) in [6.45, 7) is 1.16. The molecule has 1 atom stereocenters. The minimum Gasteiger partial charge on any atom is -0.542 e. The lowest BCUT2D eigenvalue weighted by Gasteiger charge is -2.35. The van der Waals surface area contributed by atoms with Gasteiger partial charge < -0.3 is 20.5 Å². The summed E-state index contributed by atoms with van der Waals surface area (Å²) in [5.74, 6) is -3.58. The van der Waals surface area contributed by atoms with Crippen LogP contribution in [0.2, 0.25) is 0 Å². The molecule has 4 rings (SSSR count). The summed E-state index contributed by atoms with van der Waals surface area (Å²) in [7, 11) is 0. The lowest BCUT2D eigenvalue weighted by atomic mass is 9.91. The molecule has 10 heteroatoms. The van der Waals surface area contributed by atoms with Crippen LogP contribution in [0.3, 0.4) is 0 Å². The van der Waals surface area contributed by atoms with Crippen LogP contribution in [0.25, 0.3) is 0 Å². The number of alkyl halides is 3. The van der Waals surface area contributed by atoms with E-state index in [4.69, 9.17) is 9.90 Å². The van der Waals surface area contributed by atoms with E-state index in [0.717, 1.165) is 16.7 Å². The van der Waals surface area contributed by atoms with Gasteiger partial charge in [0.15, 0.2) is 5.78 Å². The quantitative estimate of drug-likeness (QED) is 0.474. The highest BCUT2D eigenvalue weighted by Gasteiger charge is 2.34. The topological polar surface area (TPSA) is 105 Å². The van der Waals surface area contributed by atoms with Crippen LogP contribution in [0.15, 0.2) is 72.8 Å². The maximum atomic E-state index is 13.6. The zero-order chi connectivity index (χ0) is 27.9. The van der Waals surface area contributed by atoms with Crippen molar-refractivity contribution in [3.63, 3.8) is 0 Å². The summed E-state index contributed by atoms with van der Waals surface area (Å²) in [6, 6.07) is 21.0. The number of aliphatic carboxylic acids is 1. The number of halogens is 4. The van der Waals surface area contributed by atoms with Crippen LogP contribution < -0.4 is 10.8 Å². The molecular weight excluding hydrogens is 504 g/mol. The standard InChI is InChI=1S/C26H25FN2O2.C2HF3O2/c27-22-8-4-7-19(14-22)16-25(30)24(15-18-5-2-1-3-6-18)29-12-11-21-13-20(17-28)9-10-23(21)26(29)31;3-2(4,5)1(6)7/h1-10,13-14,24H,11-12,15-17,28H2;(H,6,7)/t24-;/m0./s1. The average Bonchev–Trinajstić information content (AvgIpc) is 2.88. The number of hydrogen-bond donors (Lipinski definition) is 1. The van der Waals surface area contributed by atoms with Crippen LogP contribution in [0.4, 0.5) is 17.6 Å². The smallest absolute Gasteiger partial charge is 0.430 e. The highest BCUT2D eigenvalue weighted by Crippen LogP contribution is 2.24. The molecule has 38 heavy (non-hydrogen) atoms. The number of Topliss-reactive ketones (excluding diaryl/α,β-unsaturated/α-hetero) is 1. The Labute approximate surface area is 216 Å². The molecule has 0 fully saturated rings. The van der Waals surface area contributed by atoms with E-state index >= 15 is 0 Å². The molecule has 0 radical (unpaired) electrons. The van der Waals surface area contributed by atoms with Gasteiger partial charge in [0.1, 0.15) is 11.8 Å². The Balaban J connectivity index is 0.000000505. The number of carboxylic acids is 1. The van der Waals surface area contributed by atoms with Crippen molar-refractivity contribution in [2.24, 2.45) is 0 Å². The largest absolute Gasteiger partial charge is 0.542 e.